The zero-order valence-corrected chi connectivity index (χ0v) is 9.78. The molecule has 0 N–H and O–H groups in total. The lowest BCUT2D eigenvalue weighted by Crippen LogP contribution is -2.17. The molecule has 0 aromatic heterocycles. The summed E-state index contributed by atoms with van der Waals surface area (Å²) in [5.74, 6) is -0.846. The number of hydrogen-bond acceptors (Lipinski definition) is 2. The Bertz CT molecular complexity index is 451. The number of halogens is 1. The van der Waals surface area contributed by atoms with Gasteiger partial charge in [-0.15, -0.1) is 0 Å². The molecule has 1 atom stereocenters. The fourth-order valence-electron chi connectivity index (χ4n) is 2.18. The summed E-state index contributed by atoms with van der Waals surface area (Å²) in [6.45, 7) is 2.14. The second kappa shape index (κ2) is 5.13. The molecule has 0 spiro atoms. The number of esters is 1. The first-order valence-electron chi connectivity index (χ1n) is 5.85. The first kappa shape index (κ1) is 11.8. The van der Waals surface area contributed by atoms with Gasteiger partial charge in [-0.1, -0.05) is 24.3 Å². The number of carbonyl (C=O) groups is 1. The molecule has 1 aromatic carbocycles. The third-order valence-electron chi connectivity index (χ3n) is 2.95. The van der Waals surface area contributed by atoms with E-state index in [1.807, 2.05) is 6.08 Å². The SMILES string of the molecule is CCOC(=O)C1CCC=C1c1ccccc1F. The van der Waals surface area contributed by atoms with Gasteiger partial charge in [0, 0.05) is 5.56 Å². The van der Waals surface area contributed by atoms with Gasteiger partial charge in [-0.2, -0.15) is 0 Å². The summed E-state index contributed by atoms with van der Waals surface area (Å²) >= 11 is 0. The van der Waals surface area contributed by atoms with Gasteiger partial charge in [0.2, 0.25) is 0 Å². The van der Waals surface area contributed by atoms with E-state index in [9.17, 15) is 9.18 Å². The molecule has 0 saturated carbocycles. The molecule has 0 fully saturated rings. The van der Waals surface area contributed by atoms with Gasteiger partial charge in [-0.05, 0) is 31.4 Å². The minimum Gasteiger partial charge on any atom is -0.466 e. The fraction of sp³-hybridized carbons (Fsp3) is 0.357. The number of rotatable bonds is 3. The maximum absolute atomic E-state index is 13.7. The van der Waals surface area contributed by atoms with E-state index >= 15 is 0 Å². The van der Waals surface area contributed by atoms with Crippen LogP contribution in [0.4, 0.5) is 4.39 Å². The lowest BCUT2D eigenvalue weighted by molar-refractivity contribution is -0.145. The quantitative estimate of drug-likeness (QED) is 0.751. The molecule has 2 nitrogen and oxygen atoms in total. The molecule has 0 aliphatic heterocycles. The number of carbonyl (C=O) groups excluding carboxylic acids is 1. The van der Waals surface area contributed by atoms with Crippen LogP contribution in [-0.2, 0) is 9.53 Å². The summed E-state index contributed by atoms with van der Waals surface area (Å²) in [7, 11) is 0. The van der Waals surface area contributed by atoms with Crippen LogP contribution in [-0.4, -0.2) is 12.6 Å². The minimum atomic E-state index is -0.313. The third-order valence-corrected chi connectivity index (χ3v) is 2.95. The smallest absolute Gasteiger partial charge is 0.313 e. The Morgan fingerprint density at radius 3 is 2.94 bits per heavy atom. The second-order valence-electron chi connectivity index (χ2n) is 4.02. The summed E-state index contributed by atoms with van der Waals surface area (Å²) in [6, 6.07) is 6.54. The van der Waals surface area contributed by atoms with Crippen LogP contribution in [0.15, 0.2) is 30.3 Å². The number of benzene rings is 1. The predicted molar refractivity (Wildman–Crippen MR) is 63.7 cm³/mol. The van der Waals surface area contributed by atoms with Crippen LogP contribution in [0.5, 0.6) is 0 Å². The van der Waals surface area contributed by atoms with Crippen LogP contribution in [0.3, 0.4) is 0 Å². The highest BCUT2D eigenvalue weighted by atomic mass is 19.1. The van der Waals surface area contributed by atoms with Gasteiger partial charge < -0.3 is 4.74 Å². The van der Waals surface area contributed by atoms with Crippen LogP contribution in [0, 0.1) is 11.7 Å². The molecule has 0 heterocycles. The van der Waals surface area contributed by atoms with Crippen molar-refractivity contribution < 1.29 is 13.9 Å². The largest absolute Gasteiger partial charge is 0.466 e. The highest BCUT2D eigenvalue weighted by Gasteiger charge is 2.29. The number of hydrogen-bond donors (Lipinski definition) is 0. The Hall–Kier alpha value is -1.64. The zero-order valence-electron chi connectivity index (χ0n) is 9.78. The molecule has 1 unspecified atom stereocenters. The summed E-state index contributed by atoms with van der Waals surface area (Å²) in [6.07, 6.45) is 3.44. The van der Waals surface area contributed by atoms with E-state index in [1.165, 1.54) is 6.07 Å². The van der Waals surface area contributed by atoms with Crippen LogP contribution < -0.4 is 0 Å². The van der Waals surface area contributed by atoms with E-state index in [4.69, 9.17) is 4.74 Å². The fourth-order valence-corrected chi connectivity index (χ4v) is 2.18. The van der Waals surface area contributed by atoms with Gasteiger partial charge in [0.05, 0.1) is 12.5 Å². The Morgan fingerprint density at radius 2 is 2.24 bits per heavy atom. The lowest BCUT2D eigenvalue weighted by Gasteiger charge is -2.14. The van der Waals surface area contributed by atoms with Crippen molar-refractivity contribution >= 4 is 11.5 Å². The van der Waals surface area contributed by atoms with Crippen molar-refractivity contribution in [3.05, 3.63) is 41.7 Å². The van der Waals surface area contributed by atoms with Crippen molar-refractivity contribution in [1.82, 2.24) is 0 Å². The van der Waals surface area contributed by atoms with E-state index in [1.54, 1.807) is 25.1 Å². The average molecular weight is 234 g/mol. The highest BCUT2D eigenvalue weighted by Crippen LogP contribution is 2.35. The van der Waals surface area contributed by atoms with Crippen molar-refractivity contribution in [1.29, 1.82) is 0 Å². The lowest BCUT2D eigenvalue weighted by atomic mass is 9.95. The molecule has 1 aliphatic rings. The van der Waals surface area contributed by atoms with Gasteiger partial charge >= 0.3 is 5.97 Å². The monoisotopic (exact) mass is 234 g/mol. The molecule has 2 rings (SSSR count). The Balaban J connectivity index is 2.26. The van der Waals surface area contributed by atoms with Gasteiger partial charge in [-0.25, -0.2) is 4.39 Å². The van der Waals surface area contributed by atoms with Crippen molar-refractivity contribution in [3.63, 3.8) is 0 Å². The maximum Gasteiger partial charge on any atom is 0.313 e. The Morgan fingerprint density at radius 1 is 1.47 bits per heavy atom. The Kier molecular flexibility index (Phi) is 3.57. The van der Waals surface area contributed by atoms with E-state index in [0.717, 1.165) is 12.0 Å². The summed E-state index contributed by atoms with van der Waals surface area (Å²) in [5.41, 5.74) is 1.28. The molecule has 3 heteroatoms. The Labute approximate surface area is 100 Å². The summed E-state index contributed by atoms with van der Waals surface area (Å²) in [5, 5.41) is 0. The number of allylic oxidation sites excluding steroid dienone is 1. The predicted octanol–water partition coefficient (Wildman–Crippen LogP) is 3.18. The van der Waals surface area contributed by atoms with Crippen LogP contribution in [0.25, 0.3) is 5.57 Å². The third kappa shape index (κ3) is 2.38. The van der Waals surface area contributed by atoms with Crippen LogP contribution >= 0.6 is 0 Å². The van der Waals surface area contributed by atoms with E-state index in [2.05, 4.69) is 0 Å². The average Bonchev–Trinajstić information content (AvgIpc) is 2.79. The summed E-state index contributed by atoms with van der Waals surface area (Å²) in [4.78, 5) is 11.8. The molecule has 17 heavy (non-hydrogen) atoms. The molecular weight excluding hydrogens is 219 g/mol. The molecule has 0 radical (unpaired) electrons. The topological polar surface area (TPSA) is 26.3 Å². The highest BCUT2D eigenvalue weighted by molar-refractivity contribution is 5.89. The zero-order chi connectivity index (χ0) is 12.3. The van der Waals surface area contributed by atoms with Crippen molar-refractivity contribution in [3.8, 4) is 0 Å². The first-order valence-corrected chi connectivity index (χ1v) is 5.85. The maximum atomic E-state index is 13.7. The van der Waals surface area contributed by atoms with Crippen molar-refractivity contribution in [2.24, 2.45) is 5.92 Å². The van der Waals surface area contributed by atoms with Crippen molar-refractivity contribution in [2.75, 3.05) is 6.61 Å². The van der Waals surface area contributed by atoms with E-state index in [0.29, 0.717) is 18.6 Å². The van der Waals surface area contributed by atoms with Crippen LogP contribution in [0.2, 0.25) is 0 Å². The van der Waals surface area contributed by atoms with Crippen molar-refractivity contribution in [2.45, 2.75) is 19.8 Å². The van der Waals surface area contributed by atoms with Gasteiger partial charge in [-0.3, -0.25) is 4.79 Å². The first-order chi connectivity index (χ1) is 8.24. The number of ether oxygens (including phenoxy) is 1. The van der Waals surface area contributed by atoms with E-state index < -0.39 is 0 Å². The minimum absolute atomic E-state index is 0.250. The molecule has 90 valence electrons. The molecular formula is C14H15FO2. The standard InChI is InChI=1S/C14H15FO2/c1-2-17-14(16)12-8-5-7-10(12)11-6-3-4-9-13(11)15/h3-4,6-7,9,12H,2,5,8H2,1H3. The van der Waals surface area contributed by atoms with E-state index in [-0.39, 0.29) is 17.7 Å². The molecule has 1 aromatic rings. The normalized spacial score (nSPS) is 18.9. The second-order valence-corrected chi connectivity index (χ2v) is 4.02. The van der Waals surface area contributed by atoms with Gasteiger partial charge in [0.1, 0.15) is 5.82 Å². The molecule has 0 bridgehead atoms. The van der Waals surface area contributed by atoms with Gasteiger partial charge in [0.25, 0.3) is 0 Å². The molecule has 0 saturated heterocycles. The summed E-state index contributed by atoms with van der Waals surface area (Å²) < 4.78 is 18.7. The van der Waals surface area contributed by atoms with Gasteiger partial charge in [0.15, 0.2) is 0 Å². The molecule has 0 amide bonds. The van der Waals surface area contributed by atoms with Crippen LogP contribution in [0.1, 0.15) is 25.3 Å². The molecule has 1 aliphatic carbocycles.